The van der Waals surface area contributed by atoms with Crippen LogP contribution in [0.4, 0.5) is 0 Å². The quantitative estimate of drug-likeness (QED) is 0.771. The Labute approximate surface area is 92.9 Å². The Hall–Kier alpha value is -1.42. The average molecular weight is 213 g/mol. The van der Waals surface area contributed by atoms with Crippen LogP contribution < -0.4 is 19.9 Å². The van der Waals surface area contributed by atoms with Gasteiger partial charge < -0.3 is 19.9 Å². The molecule has 1 aromatic rings. The first-order valence-corrected chi connectivity index (χ1v) is 4.66. The Balaban J connectivity index is 3.00. The van der Waals surface area contributed by atoms with E-state index in [2.05, 4.69) is 0 Å². The molecule has 0 radical (unpaired) electrons. The molecule has 0 aliphatic heterocycles. The predicted octanol–water partition coefficient (Wildman–Crippen LogP) is 1.21. The number of hydrogen-bond donors (Lipinski definition) is 1. The average Bonchev–Trinajstić information content (AvgIpc) is 2.34. The number of benzene rings is 1. The lowest BCUT2D eigenvalue weighted by molar-refractivity contribution is 0.324. The summed E-state index contributed by atoms with van der Waals surface area (Å²) in [5.41, 5.74) is 1.58. The largest absolute Gasteiger partial charge is 0.493 e. The third-order valence-electron chi connectivity index (χ3n) is 2.12. The zero-order valence-corrected chi connectivity index (χ0v) is 9.24. The second-order valence-corrected chi connectivity index (χ2v) is 3.01. The summed E-state index contributed by atoms with van der Waals surface area (Å²) in [6.07, 6.45) is 0.573. The van der Waals surface area contributed by atoms with Gasteiger partial charge >= 0.3 is 0 Å². The van der Waals surface area contributed by atoms with Crippen LogP contribution in [0, 0.1) is 0 Å². The van der Waals surface area contributed by atoms with Crippen molar-refractivity contribution in [3.05, 3.63) is 17.7 Å². The van der Waals surface area contributed by atoms with Crippen LogP contribution in [0.2, 0.25) is 2.82 Å². The summed E-state index contributed by atoms with van der Waals surface area (Å²) in [5, 5.41) is 0. The van der Waals surface area contributed by atoms with Gasteiger partial charge in [0.2, 0.25) is 5.75 Å². The van der Waals surface area contributed by atoms with Gasteiger partial charge in [-0.2, -0.15) is 0 Å². The van der Waals surface area contributed by atoms with Gasteiger partial charge in [-0.25, -0.2) is 0 Å². The fraction of sp³-hybridized carbons (Fsp3) is 0.455. The molecule has 0 saturated carbocycles. The van der Waals surface area contributed by atoms with E-state index >= 15 is 0 Å². The summed E-state index contributed by atoms with van der Waals surface area (Å²) in [7, 11) is 4.67. The lowest BCUT2D eigenvalue weighted by Gasteiger charge is -2.13. The summed E-state index contributed by atoms with van der Waals surface area (Å²) in [4.78, 5) is 0. The van der Waals surface area contributed by atoms with Crippen LogP contribution in [-0.4, -0.2) is 27.9 Å². The van der Waals surface area contributed by atoms with Gasteiger partial charge in [-0.3, -0.25) is 0 Å². The first-order chi connectivity index (χ1) is 8.12. The summed E-state index contributed by atoms with van der Waals surface area (Å²) >= 11 is 0. The molecule has 0 atom stereocenters. The Morgan fingerprint density at radius 2 is 1.73 bits per heavy atom. The van der Waals surface area contributed by atoms with Crippen molar-refractivity contribution >= 4 is 0 Å². The molecule has 2 N–H and O–H groups in total. The summed E-state index contributed by atoms with van der Waals surface area (Å²) in [5.74, 6) is 1.72. The van der Waals surface area contributed by atoms with Crippen molar-refractivity contribution in [2.24, 2.45) is 5.72 Å². The SMILES string of the molecule is [2H]N([2H])CCc1cc(OC)c(OC)c(OC)c1. The number of hydrogen-bond acceptors (Lipinski definition) is 4. The van der Waals surface area contributed by atoms with Crippen LogP contribution >= 0.6 is 0 Å². The smallest absolute Gasteiger partial charge is 0.203 e. The van der Waals surface area contributed by atoms with E-state index in [1.54, 1.807) is 21.3 Å². The minimum atomic E-state index is 0.318. The second kappa shape index (κ2) is 5.46. The Morgan fingerprint density at radius 3 is 2.13 bits per heavy atom. The Kier molecular flexibility index (Phi) is 3.22. The molecule has 0 saturated heterocycles. The van der Waals surface area contributed by atoms with Gasteiger partial charge in [0.15, 0.2) is 11.5 Å². The third-order valence-corrected chi connectivity index (χ3v) is 2.12. The van der Waals surface area contributed by atoms with Crippen molar-refractivity contribution < 1.29 is 17.0 Å². The second-order valence-electron chi connectivity index (χ2n) is 3.01. The maximum atomic E-state index is 7.02. The molecule has 0 unspecified atom stereocenters. The number of rotatable bonds is 6. The van der Waals surface area contributed by atoms with E-state index in [-0.39, 0.29) is 0 Å². The van der Waals surface area contributed by atoms with Crippen molar-refractivity contribution in [3.63, 3.8) is 0 Å². The molecular weight excluding hydrogens is 194 g/mol. The van der Waals surface area contributed by atoms with Crippen LogP contribution in [0.15, 0.2) is 12.1 Å². The van der Waals surface area contributed by atoms with Crippen LogP contribution in [0.25, 0.3) is 0 Å². The molecule has 0 heterocycles. The van der Waals surface area contributed by atoms with Crippen LogP contribution in [0.3, 0.4) is 0 Å². The molecule has 1 rings (SSSR count). The molecule has 0 aliphatic carbocycles. The zero-order valence-electron chi connectivity index (χ0n) is 11.2. The van der Waals surface area contributed by atoms with Crippen molar-refractivity contribution in [3.8, 4) is 17.2 Å². The monoisotopic (exact) mass is 213 g/mol. The van der Waals surface area contributed by atoms with Gasteiger partial charge in [-0.15, -0.1) is 0 Å². The highest BCUT2D eigenvalue weighted by Crippen LogP contribution is 2.38. The molecule has 0 amide bonds. The van der Waals surface area contributed by atoms with Crippen molar-refractivity contribution in [2.45, 2.75) is 6.42 Å². The molecule has 0 aromatic heterocycles. The van der Waals surface area contributed by atoms with E-state index in [9.17, 15) is 0 Å². The molecule has 4 heteroatoms. The molecular formula is C11H17NO3. The first kappa shape index (κ1) is 8.85. The van der Waals surface area contributed by atoms with Gasteiger partial charge in [0.25, 0.3) is 0 Å². The minimum Gasteiger partial charge on any atom is -0.493 e. The predicted molar refractivity (Wildman–Crippen MR) is 58.9 cm³/mol. The maximum Gasteiger partial charge on any atom is 0.203 e. The number of methoxy groups -OCH3 is 3. The van der Waals surface area contributed by atoms with Gasteiger partial charge in [0, 0.05) is 0 Å². The highest BCUT2D eigenvalue weighted by atomic mass is 16.5. The van der Waals surface area contributed by atoms with Crippen LogP contribution in [0.1, 0.15) is 5.56 Å². The standard InChI is InChI=1S/C11H17NO3/c1-13-9-6-8(4-5-12)7-10(14-2)11(9)15-3/h6-7H,4-5,12H2,1-3H3/i/hD2. The third kappa shape index (κ3) is 2.53. The molecule has 15 heavy (non-hydrogen) atoms. The Bertz CT molecular complexity index is 347. The van der Waals surface area contributed by atoms with E-state index in [0.29, 0.717) is 35.9 Å². The molecule has 0 spiro atoms. The molecule has 0 aliphatic rings. The molecule has 84 valence electrons. The van der Waals surface area contributed by atoms with Crippen LogP contribution in [0.5, 0.6) is 17.2 Å². The van der Waals surface area contributed by atoms with Gasteiger partial charge in [0.1, 0.15) is 2.82 Å². The van der Waals surface area contributed by atoms with E-state index < -0.39 is 0 Å². The fourth-order valence-electron chi connectivity index (χ4n) is 1.41. The van der Waals surface area contributed by atoms with Gasteiger partial charge in [-0.1, -0.05) is 0 Å². The number of ether oxygens (including phenoxy) is 3. The molecule has 0 bridgehead atoms. The molecule has 4 nitrogen and oxygen atoms in total. The fourth-order valence-corrected chi connectivity index (χ4v) is 1.41. The number of nitrogens with two attached hydrogens (primary N) is 1. The van der Waals surface area contributed by atoms with E-state index in [0.717, 1.165) is 5.56 Å². The van der Waals surface area contributed by atoms with Crippen LogP contribution in [-0.2, 0) is 6.42 Å². The molecule has 1 aromatic carbocycles. The van der Waals surface area contributed by atoms with Gasteiger partial charge in [-0.05, 0) is 30.7 Å². The first-order valence-electron chi connectivity index (χ1n) is 5.56. The highest BCUT2D eigenvalue weighted by Gasteiger charge is 2.12. The Morgan fingerprint density at radius 1 is 1.13 bits per heavy atom. The maximum absolute atomic E-state index is 7.02. The summed E-state index contributed by atoms with van der Waals surface area (Å²) in [6.45, 7) is 0.318. The highest BCUT2D eigenvalue weighted by molar-refractivity contribution is 5.53. The lowest BCUT2D eigenvalue weighted by atomic mass is 10.1. The molecule has 0 fully saturated rings. The van der Waals surface area contributed by atoms with E-state index in [1.165, 1.54) is 0 Å². The topological polar surface area (TPSA) is 53.7 Å². The normalized spacial score (nSPS) is 12.0. The van der Waals surface area contributed by atoms with E-state index in [1.807, 2.05) is 12.1 Å². The van der Waals surface area contributed by atoms with Crippen molar-refractivity contribution in [1.82, 2.24) is 0 Å². The minimum absolute atomic E-state index is 0.318. The summed E-state index contributed by atoms with van der Waals surface area (Å²) < 4.78 is 29.7. The van der Waals surface area contributed by atoms with Gasteiger partial charge in [0.05, 0.1) is 21.3 Å². The van der Waals surface area contributed by atoms with E-state index in [4.69, 9.17) is 17.0 Å². The lowest BCUT2D eigenvalue weighted by Crippen LogP contribution is -2.04. The van der Waals surface area contributed by atoms with Crippen molar-refractivity contribution in [1.29, 1.82) is 0 Å². The summed E-state index contributed by atoms with van der Waals surface area (Å²) in [6, 6.07) is 3.65. The zero-order chi connectivity index (χ0) is 12.8. The van der Waals surface area contributed by atoms with Crippen molar-refractivity contribution in [2.75, 3.05) is 27.9 Å².